The Bertz CT molecular complexity index is 895. The van der Waals surface area contributed by atoms with Crippen LogP contribution in [0.4, 0.5) is 5.69 Å². The molecule has 0 atom stereocenters. The van der Waals surface area contributed by atoms with Crippen LogP contribution in [0, 0.1) is 11.3 Å². The van der Waals surface area contributed by atoms with Gasteiger partial charge in [0.1, 0.15) is 0 Å². The maximum atomic E-state index is 11.5. The first-order valence-corrected chi connectivity index (χ1v) is 8.85. The summed E-state index contributed by atoms with van der Waals surface area (Å²) < 4.78 is 11.0. The summed E-state index contributed by atoms with van der Waals surface area (Å²) in [6.45, 7) is 5.93. The highest BCUT2D eigenvalue weighted by atomic mass is 16.5. The smallest absolute Gasteiger partial charge is 0.221 e. The second-order valence-corrected chi connectivity index (χ2v) is 5.89. The minimum Gasteiger partial charge on any atom is -0.493 e. The van der Waals surface area contributed by atoms with Gasteiger partial charge in [-0.1, -0.05) is 25.1 Å². The number of carbonyl (C=O) groups excluding carboxylic acids is 1. The highest BCUT2D eigenvalue weighted by Crippen LogP contribution is 2.34. The standard InChI is InChI=1S/C22H24N2O3/c1-5-16-7-8-17(13-20(16)24-15(3)25)19(11-12-23)18-9-10-21(26-4)22(14-18)27-6-2/h7-11,13-14H,5-6H2,1-4H3,(H,24,25). The molecule has 27 heavy (non-hydrogen) atoms. The van der Waals surface area contributed by atoms with Crippen molar-refractivity contribution in [2.45, 2.75) is 27.2 Å². The van der Waals surface area contributed by atoms with Crippen molar-refractivity contribution in [1.82, 2.24) is 0 Å². The normalized spacial score (nSPS) is 10.9. The zero-order chi connectivity index (χ0) is 19.8. The SMILES string of the molecule is CCOc1cc(C(=CC#N)c2ccc(CC)c(NC(C)=O)c2)ccc1OC. The molecule has 0 fully saturated rings. The largest absolute Gasteiger partial charge is 0.493 e. The predicted octanol–water partition coefficient (Wildman–Crippen LogP) is 4.57. The van der Waals surface area contributed by atoms with Crippen molar-refractivity contribution in [2.75, 3.05) is 19.0 Å². The second kappa shape index (κ2) is 9.44. The lowest BCUT2D eigenvalue weighted by atomic mass is 9.95. The molecule has 0 bridgehead atoms. The van der Waals surface area contributed by atoms with Crippen LogP contribution in [0.5, 0.6) is 11.5 Å². The first-order valence-electron chi connectivity index (χ1n) is 8.85. The van der Waals surface area contributed by atoms with E-state index >= 15 is 0 Å². The number of allylic oxidation sites excluding steroid dienone is 1. The number of ether oxygens (including phenoxy) is 2. The lowest BCUT2D eigenvalue weighted by molar-refractivity contribution is -0.114. The van der Waals surface area contributed by atoms with Gasteiger partial charge in [-0.3, -0.25) is 4.79 Å². The molecule has 2 rings (SSSR count). The average Bonchev–Trinajstić information content (AvgIpc) is 2.66. The molecule has 140 valence electrons. The first kappa shape index (κ1) is 20.1. The summed E-state index contributed by atoms with van der Waals surface area (Å²) in [5.41, 5.74) is 4.21. The van der Waals surface area contributed by atoms with Gasteiger partial charge in [0.15, 0.2) is 11.5 Å². The average molecular weight is 364 g/mol. The lowest BCUT2D eigenvalue weighted by Gasteiger charge is -2.15. The predicted molar refractivity (Wildman–Crippen MR) is 107 cm³/mol. The molecule has 5 nitrogen and oxygen atoms in total. The van der Waals surface area contributed by atoms with Crippen molar-refractivity contribution in [2.24, 2.45) is 0 Å². The number of hydrogen-bond acceptors (Lipinski definition) is 4. The molecule has 0 spiro atoms. The van der Waals surface area contributed by atoms with E-state index in [0.717, 1.165) is 34.4 Å². The Morgan fingerprint density at radius 3 is 2.44 bits per heavy atom. The Kier molecular flexibility index (Phi) is 7.01. The van der Waals surface area contributed by atoms with Gasteiger partial charge in [0, 0.05) is 18.7 Å². The molecule has 0 saturated carbocycles. The van der Waals surface area contributed by atoms with Crippen LogP contribution in [0.25, 0.3) is 5.57 Å². The van der Waals surface area contributed by atoms with Gasteiger partial charge in [-0.2, -0.15) is 5.26 Å². The Balaban J connectivity index is 2.56. The summed E-state index contributed by atoms with van der Waals surface area (Å²) in [6.07, 6.45) is 2.29. The Labute approximate surface area is 160 Å². The maximum Gasteiger partial charge on any atom is 0.221 e. The van der Waals surface area contributed by atoms with Crippen LogP contribution in [0.15, 0.2) is 42.5 Å². The molecule has 1 amide bonds. The number of methoxy groups -OCH3 is 1. The molecule has 1 N–H and O–H groups in total. The van der Waals surface area contributed by atoms with Crippen molar-refractivity contribution in [3.8, 4) is 17.6 Å². The third-order valence-electron chi connectivity index (χ3n) is 4.10. The van der Waals surface area contributed by atoms with Gasteiger partial charge in [0.2, 0.25) is 5.91 Å². The monoisotopic (exact) mass is 364 g/mol. The van der Waals surface area contributed by atoms with Crippen molar-refractivity contribution < 1.29 is 14.3 Å². The molecule has 0 radical (unpaired) electrons. The van der Waals surface area contributed by atoms with E-state index in [-0.39, 0.29) is 5.91 Å². The molecule has 0 aliphatic rings. The van der Waals surface area contributed by atoms with Crippen LogP contribution < -0.4 is 14.8 Å². The van der Waals surface area contributed by atoms with Gasteiger partial charge in [0.05, 0.1) is 19.8 Å². The summed E-state index contributed by atoms with van der Waals surface area (Å²) in [6, 6.07) is 13.5. The Morgan fingerprint density at radius 2 is 1.85 bits per heavy atom. The third kappa shape index (κ3) is 4.89. The van der Waals surface area contributed by atoms with Gasteiger partial charge in [-0.25, -0.2) is 0 Å². The van der Waals surface area contributed by atoms with Crippen LogP contribution >= 0.6 is 0 Å². The summed E-state index contributed by atoms with van der Waals surface area (Å²) in [5.74, 6) is 1.13. The zero-order valence-corrected chi connectivity index (χ0v) is 16.1. The number of anilines is 1. The van der Waals surface area contributed by atoms with Gasteiger partial charge >= 0.3 is 0 Å². The summed E-state index contributed by atoms with van der Waals surface area (Å²) in [5, 5.41) is 12.2. The second-order valence-electron chi connectivity index (χ2n) is 5.89. The van der Waals surface area contributed by atoms with E-state index in [2.05, 4.69) is 11.4 Å². The van der Waals surface area contributed by atoms with E-state index in [1.54, 1.807) is 7.11 Å². The molecule has 0 aromatic heterocycles. The zero-order valence-electron chi connectivity index (χ0n) is 16.1. The van der Waals surface area contributed by atoms with E-state index in [1.807, 2.05) is 50.2 Å². The molecular weight excluding hydrogens is 340 g/mol. The number of hydrogen-bond donors (Lipinski definition) is 1. The molecule has 5 heteroatoms. The molecule has 0 unspecified atom stereocenters. The molecule has 2 aromatic rings. The van der Waals surface area contributed by atoms with E-state index in [9.17, 15) is 10.1 Å². The number of nitrogens with zero attached hydrogens (tertiary/aromatic N) is 1. The fraction of sp³-hybridized carbons (Fsp3) is 0.273. The van der Waals surface area contributed by atoms with E-state index in [0.29, 0.717) is 18.1 Å². The molecule has 0 saturated heterocycles. The number of nitriles is 1. The molecule has 0 heterocycles. The number of aryl methyl sites for hydroxylation is 1. The minimum atomic E-state index is -0.129. The van der Waals surface area contributed by atoms with Crippen molar-refractivity contribution >= 4 is 17.2 Å². The number of carbonyl (C=O) groups is 1. The first-order chi connectivity index (χ1) is 13.0. The van der Waals surface area contributed by atoms with Crippen LogP contribution in [-0.2, 0) is 11.2 Å². The summed E-state index contributed by atoms with van der Waals surface area (Å²) >= 11 is 0. The number of nitrogens with one attached hydrogen (secondary N) is 1. The maximum absolute atomic E-state index is 11.5. The number of benzene rings is 2. The Hall–Kier alpha value is -3.26. The van der Waals surface area contributed by atoms with Crippen molar-refractivity contribution in [3.05, 3.63) is 59.2 Å². The quantitative estimate of drug-likeness (QED) is 0.731. The van der Waals surface area contributed by atoms with Crippen molar-refractivity contribution in [3.63, 3.8) is 0 Å². The van der Waals surface area contributed by atoms with Crippen molar-refractivity contribution in [1.29, 1.82) is 5.26 Å². The van der Waals surface area contributed by atoms with E-state index in [4.69, 9.17) is 9.47 Å². The highest BCUT2D eigenvalue weighted by molar-refractivity contribution is 5.91. The molecule has 2 aromatic carbocycles. The fourth-order valence-corrected chi connectivity index (χ4v) is 2.87. The number of amides is 1. The number of rotatable bonds is 7. The Morgan fingerprint density at radius 1 is 1.15 bits per heavy atom. The topological polar surface area (TPSA) is 71.3 Å². The van der Waals surface area contributed by atoms with E-state index in [1.165, 1.54) is 13.0 Å². The summed E-state index contributed by atoms with van der Waals surface area (Å²) in [7, 11) is 1.59. The highest BCUT2D eigenvalue weighted by Gasteiger charge is 2.13. The molecule has 0 aliphatic carbocycles. The van der Waals surface area contributed by atoms with Gasteiger partial charge in [0.25, 0.3) is 0 Å². The minimum absolute atomic E-state index is 0.129. The van der Waals surface area contributed by atoms with E-state index < -0.39 is 0 Å². The van der Waals surface area contributed by atoms with Crippen LogP contribution in [0.2, 0.25) is 0 Å². The van der Waals surface area contributed by atoms with Gasteiger partial charge < -0.3 is 14.8 Å². The molecular formula is C22H24N2O3. The third-order valence-corrected chi connectivity index (χ3v) is 4.10. The van der Waals surface area contributed by atoms with Gasteiger partial charge in [-0.05, 0) is 53.8 Å². The fourth-order valence-electron chi connectivity index (χ4n) is 2.87. The van der Waals surface area contributed by atoms with Crippen LogP contribution in [0.1, 0.15) is 37.5 Å². The van der Waals surface area contributed by atoms with Crippen LogP contribution in [-0.4, -0.2) is 19.6 Å². The summed E-state index contributed by atoms with van der Waals surface area (Å²) in [4.78, 5) is 11.5. The van der Waals surface area contributed by atoms with Gasteiger partial charge in [-0.15, -0.1) is 0 Å². The lowest BCUT2D eigenvalue weighted by Crippen LogP contribution is -2.08. The molecule has 0 aliphatic heterocycles. The van der Waals surface area contributed by atoms with Crippen LogP contribution in [0.3, 0.4) is 0 Å².